The second kappa shape index (κ2) is 10.6. The second-order valence-corrected chi connectivity index (χ2v) is 7.92. The molecule has 0 saturated carbocycles. The monoisotopic (exact) mass is 375 g/mol. The number of piperidine rings is 1. The van der Waals surface area contributed by atoms with Gasteiger partial charge in [0.1, 0.15) is 17.1 Å². The van der Waals surface area contributed by atoms with Crippen LogP contribution in [0.25, 0.3) is 0 Å². The number of unbranched alkanes of at least 4 members (excludes halogenated alkanes) is 2. The van der Waals surface area contributed by atoms with Gasteiger partial charge in [-0.15, -0.1) is 0 Å². The molecule has 2 unspecified atom stereocenters. The lowest BCUT2D eigenvalue weighted by Crippen LogP contribution is -2.36. The topological polar surface area (TPSA) is 38.8 Å². The fraction of sp³-hybridized carbons (Fsp3) is 0.696. The maximum Gasteiger partial charge on any atom is 0.261 e. The number of hydrogen-bond acceptors (Lipinski definition) is 3. The third-order valence-electron chi connectivity index (χ3n) is 6.03. The van der Waals surface area contributed by atoms with Gasteiger partial charge in [0.25, 0.3) is 5.91 Å². The first-order chi connectivity index (χ1) is 13.0. The minimum absolute atomic E-state index is 0.0265. The molecule has 2 atom stereocenters. The van der Waals surface area contributed by atoms with Gasteiger partial charge in [0.2, 0.25) is 0 Å². The average Bonchev–Trinajstić information content (AvgIpc) is 2.72. The van der Waals surface area contributed by atoms with E-state index in [1.54, 1.807) is 14.2 Å². The Morgan fingerprint density at radius 2 is 1.63 bits per heavy atom. The zero-order chi connectivity index (χ0) is 19.8. The molecule has 1 aromatic carbocycles. The van der Waals surface area contributed by atoms with Crippen molar-refractivity contribution in [3.05, 3.63) is 23.3 Å². The summed E-state index contributed by atoms with van der Waals surface area (Å²) in [5.74, 6) is 2.26. The lowest BCUT2D eigenvalue weighted by molar-refractivity contribution is 0.0717. The molecule has 1 aromatic rings. The van der Waals surface area contributed by atoms with Crippen molar-refractivity contribution < 1.29 is 14.3 Å². The number of amides is 1. The Labute approximate surface area is 165 Å². The van der Waals surface area contributed by atoms with Crippen LogP contribution in [0.3, 0.4) is 0 Å². The third kappa shape index (κ3) is 5.40. The number of benzene rings is 1. The van der Waals surface area contributed by atoms with Gasteiger partial charge in [-0.2, -0.15) is 0 Å². The van der Waals surface area contributed by atoms with Crippen molar-refractivity contribution in [1.82, 2.24) is 4.90 Å². The minimum Gasteiger partial charge on any atom is -0.496 e. The van der Waals surface area contributed by atoms with Gasteiger partial charge in [-0.05, 0) is 48.8 Å². The Hall–Kier alpha value is -1.71. The molecule has 4 heteroatoms. The molecule has 0 aromatic heterocycles. The van der Waals surface area contributed by atoms with Crippen molar-refractivity contribution >= 4 is 5.91 Å². The van der Waals surface area contributed by atoms with Crippen LogP contribution in [-0.4, -0.2) is 38.1 Å². The van der Waals surface area contributed by atoms with E-state index < -0.39 is 0 Å². The van der Waals surface area contributed by atoms with E-state index in [-0.39, 0.29) is 5.91 Å². The maximum atomic E-state index is 13.1. The Kier molecular flexibility index (Phi) is 8.46. The second-order valence-electron chi connectivity index (χ2n) is 7.92. The van der Waals surface area contributed by atoms with E-state index in [0.717, 1.165) is 25.9 Å². The molecule has 2 rings (SSSR count). The van der Waals surface area contributed by atoms with Gasteiger partial charge in [0.05, 0.1) is 14.2 Å². The SMILES string of the molecule is CCCCCC(C)C(C)c1cc(OC)c(C(=O)N2CCCCC2)c(OC)c1. The molecule has 0 N–H and O–H groups in total. The Balaban J connectivity index is 2.28. The Morgan fingerprint density at radius 1 is 1.04 bits per heavy atom. The molecule has 1 saturated heterocycles. The number of rotatable bonds is 9. The molecule has 0 bridgehead atoms. The number of carbonyl (C=O) groups excluding carboxylic acids is 1. The summed E-state index contributed by atoms with van der Waals surface area (Å²) < 4.78 is 11.3. The van der Waals surface area contributed by atoms with Crippen LogP contribution in [0.4, 0.5) is 0 Å². The molecule has 0 spiro atoms. The highest BCUT2D eigenvalue weighted by Crippen LogP contribution is 2.37. The van der Waals surface area contributed by atoms with Crippen LogP contribution in [0.5, 0.6) is 11.5 Å². The van der Waals surface area contributed by atoms with Crippen LogP contribution in [0.2, 0.25) is 0 Å². The molecule has 0 radical (unpaired) electrons. The van der Waals surface area contributed by atoms with E-state index in [9.17, 15) is 4.79 Å². The predicted molar refractivity (Wildman–Crippen MR) is 111 cm³/mol. The van der Waals surface area contributed by atoms with E-state index in [2.05, 4.69) is 20.8 Å². The van der Waals surface area contributed by atoms with Crippen LogP contribution in [-0.2, 0) is 0 Å². The third-order valence-corrected chi connectivity index (χ3v) is 6.03. The van der Waals surface area contributed by atoms with Gasteiger partial charge in [-0.1, -0.05) is 46.5 Å². The van der Waals surface area contributed by atoms with Crippen molar-refractivity contribution in [3.63, 3.8) is 0 Å². The summed E-state index contributed by atoms with van der Waals surface area (Å²) >= 11 is 0. The van der Waals surface area contributed by atoms with Crippen LogP contribution in [0.1, 0.15) is 87.6 Å². The molecule has 4 nitrogen and oxygen atoms in total. The predicted octanol–water partition coefficient (Wildman–Crippen LogP) is 5.65. The number of ether oxygens (including phenoxy) is 2. The largest absolute Gasteiger partial charge is 0.496 e. The van der Waals surface area contributed by atoms with Gasteiger partial charge in [0.15, 0.2) is 0 Å². The summed E-state index contributed by atoms with van der Waals surface area (Å²) in [6, 6.07) is 4.08. The summed E-state index contributed by atoms with van der Waals surface area (Å²) in [7, 11) is 3.28. The summed E-state index contributed by atoms with van der Waals surface area (Å²) in [5.41, 5.74) is 1.75. The zero-order valence-electron chi connectivity index (χ0n) is 17.8. The van der Waals surface area contributed by atoms with Gasteiger partial charge in [0, 0.05) is 13.1 Å². The standard InChI is InChI=1S/C23H37NO3/c1-6-7-9-12-17(2)18(3)19-15-20(26-4)22(21(16-19)27-5)23(25)24-13-10-8-11-14-24/h15-18H,6-14H2,1-5H3. The fourth-order valence-corrected chi connectivity index (χ4v) is 3.96. The smallest absolute Gasteiger partial charge is 0.261 e. The van der Waals surface area contributed by atoms with E-state index in [1.807, 2.05) is 17.0 Å². The minimum atomic E-state index is 0.0265. The van der Waals surface area contributed by atoms with Crippen molar-refractivity contribution in [2.75, 3.05) is 27.3 Å². The molecular formula is C23H37NO3. The highest BCUT2D eigenvalue weighted by atomic mass is 16.5. The quantitative estimate of drug-likeness (QED) is 0.524. The van der Waals surface area contributed by atoms with E-state index in [0.29, 0.717) is 28.9 Å². The Morgan fingerprint density at radius 3 is 2.15 bits per heavy atom. The van der Waals surface area contributed by atoms with Crippen molar-refractivity contribution in [3.8, 4) is 11.5 Å². The summed E-state index contributed by atoms with van der Waals surface area (Å²) in [5, 5.41) is 0. The van der Waals surface area contributed by atoms with E-state index in [4.69, 9.17) is 9.47 Å². The van der Waals surface area contributed by atoms with Crippen molar-refractivity contribution in [2.45, 2.75) is 71.6 Å². The molecule has 1 fully saturated rings. The molecule has 27 heavy (non-hydrogen) atoms. The van der Waals surface area contributed by atoms with Crippen molar-refractivity contribution in [1.29, 1.82) is 0 Å². The van der Waals surface area contributed by atoms with Crippen LogP contribution in [0, 0.1) is 5.92 Å². The number of carbonyl (C=O) groups is 1. The summed E-state index contributed by atoms with van der Waals surface area (Å²) in [6.45, 7) is 8.44. The highest BCUT2D eigenvalue weighted by molar-refractivity contribution is 6.00. The average molecular weight is 376 g/mol. The first kappa shape index (κ1) is 21.6. The number of methoxy groups -OCH3 is 2. The zero-order valence-corrected chi connectivity index (χ0v) is 17.8. The molecule has 1 aliphatic rings. The van der Waals surface area contributed by atoms with Gasteiger partial charge in [-0.3, -0.25) is 4.79 Å². The molecule has 1 heterocycles. The van der Waals surface area contributed by atoms with Gasteiger partial charge in [-0.25, -0.2) is 0 Å². The first-order valence-electron chi connectivity index (χ1n) is 10.6. The lowest BCUT2D eigenvalue weighted by atomic mass is 9.84. The normalized spacial score (nSPS) is 16.7. The lowest BCUT2D eigenvalue weighted by Gasteiger charge is -2.28. The van der Waals surface area contributed by atoms with Crippen LogP contribution >= 0.6 is 0 Å². The maximum absolute atomic E-state index is 13.1. The highest BCUT2D eigenvalue weighted by Gasteiger charge is 2.27. The van der Waals surface area contributed by atoms with E-state index in [1.165, 1.54) is 37.7 Å². The molecule has 1 aliphatic heterocycles. The molecule has 1 amide bonds. The fourth-order valence-electron chi connectivity index (χ4n) is 3.96. The summed E-state index contributed by atoms with van der Waals surface area (Å²) in [6.07, 6.45) is 8.35. The molecule has 0 aliphatic carbocycles. The van der Waals surface area contributed by atoms with Gasteiger partial charge >= 0.3 is 0 Å². The van der Waals surface area contributed by atoms with Crippen LogP contribution in [0.15, 0.2) is 12.1 Å². The Bertz CT molecular complexity index is 583. The van der Waals surface area contributed by atoms with Crippen LogP contribution < -0.4 is 9.47 Å². The summed E-state index contributed by atoms with van der Waals surface area (Å²) in [4.78, 5) is 15.0. The van der Waals surface area contributed by atoms with Crippen molar-refractivity contribution in [2.24, 2.45) is 5.92 Å². The van der Waals surface area contributed by atoms with Gasteiger partial charge < -0.3 is 14.4 Å². The first-order valence-corrected chi connectivity index (χ1v) is 10.6. The number of nitrogens with zero attached hydrogens (tertiary/aromatic N) is 1. The molecular weight excluding hydrogens is 338 g/mol. The molecule has 152 valence electrons. The van der Waals surface area contributed by atoms with E-state index >= 15 is 0 Å². The number of hydrogen-bond donors (Lipinski definition) is 0. The number of likely N-dealkylation sites (tertiary alicyclic amines) is 1.